The average molecular weight is 427 g/mol. The maximum atomic E-state index is 12.5. The number of hydrogen-bond donors (Lipinski definition) is 1. The zero-order valence-electron chi connectivity index (χ0n) is 15.9. The summed E-state index contributed by atoms with van der Waals surface area (Å²) in [5.41, 5.74) is 3.45. The topological polar surface area (TPSA) is 106 Å². The number of rotatable bonds is 6. The molecule has 0 unspecified atom stereocenters. The van der Waals surface area contributed by atoms with Gasteiger partial charge >= 0.3 is 0 Å². The molecule has 3 aromatic rings. The molecule has 0 saturated heterocycles. The first-order valence-electron chi connectivity index (χ1n) is 9.01. The van der Waals surface area contributed by atoms with Crippen molar-refractivity contribution in [2.24, 2.45) is 0 Å². The minimum Gasteiger partial charge on any atom is -0.494 e. The fourth-order valence-corrected chi connectivity index (χ4v) is 5.23. The molecular weight excluding hydrogens is 408 g/mol. The van der Waals surface area contributed by atoms with E-state index in [9.17, 15) is 10.1 Å². The van der Waals surface area contributed by atoms with E-state index in [1.54, 1.807) is 11.8 Å². The number of carbonyl (C=O) groups is 1. The van der Waals surface area contributed by atoms with Crippen LogP contribution in [0.4, 0.5) is 5.00 Å². The van der Waals surface area contributed by atoms with Crippen LogP contribution in [0, 0.1) is 18.3 Å². The number of nitriles is 1. The van der Waals surface area contributed by atoms with Crippen molar-refractivity contribution in [2.75, 3.05) is 18.2 Å². The van der Waals surface area contributed by atoms with Crippen LogP contribution < -0.4 is 10.1 Å². The number of tetrazole rings is 1. The number of carbonyl (C=O) groups excluding carboxylic acids is 1. The van der Waals surface area contributed by atoms with E-state index in [4.69, 9.17) is 4.74 Å². The molecule has 148 valence electrons. The van der Waals surface area contributed by atoms with Crippen molar-refractivity contribution >= 4 is 34.0 Å². The molecule has 0 aliphatic heterocycles. The lowest BCUT2D eigenvalue weighted by molar-refractivity contribution is -0.113. The van der Waals surface area contributed by atoms with Crippen LogP contribution in [0.5, 0.6) is 5.75 Å². The zero-order valence-corrected chi connectivity index (χ0v) is 17.6. The second kappa shape index (κ2) is 8.23. The van der Waals surface area contributed by atoms with Crippen LogP contribution in [0.1, 0.15) is 28.0 Å². The van der Waals surface area contributed by atoms with Gasteiger partial charge in [0.2, 0.25) is 11.1 Å². The molecule has 8 nitrogen and oxygen atoms in total. The Morgan fingerprint density at radius 2 is 2.31 bits per heavy atom. The third-order valence-electron chi connectivity index (χ3n) is 4.62. The molecule has 29 heavy (non-hydrogen) atoms. The molecule has 1 amide bonds. The van der Waals surface area contributed by atoms with Gasteiger partial charge in [0.15, 0.2) is 0 Å². The first-order valence-corrected chi connectivity index (χ1v) is 10.8. The SMILES string of the molecule is COc1ccc(C)cc1-n1nnnc1SCC(=O)Nc1sc2c(c1C#N)CCC2. The van der Waals surface area contributed by atoms with Gasteiger partial charge < -0.3 is 10.1 Å². The minimum atomic E-state index is -0.197. The summed E-state index contributed by atoms with van der Waals surface area (Å²) >= 11 is 2.73. The number of fused-ring (bicyclic) bond motifs is 1. The van der Waals surface area contributed by atoms with Gasteiger partial charge in [-0.25, -0.2) is 0 Å². The molecule has 4 rings (SSSR count). The number of nitrogens with zero attached hydrogens (tertiary/aromatic N) is 5. The Kier molecular flexibility index (Phi) is 5.51. The van der Waals surface area contributed by atoms with Gasteiger partial charge in [0.1, 0.15) is 22.5 Å². The van der Waals surface area contributed by atoms with Crippen molar-refractivity contribution < 1.29 is 9.53 Å². The molecule has 0 bridgehead atoms. The van der Waals surface area contributed by atoms with E-state index in [0.29, 0.717) is 27.2 Å². The second-order valence-electron chi connectivity index (χ2n) is 6.56. The van der Waals surface area contributed by atoms with Crippen molar-refractivity contribution in [3.05, 3.63) is 39.8 Å². The fourth-order valence-electron chi connectivity index (χ4n) is 3.29. The van der Waals surface area contributed by atoms with Gasteiger partial charge in [-0.2, -0.15) is 9.94 Å². The predicted molar refractivity (Wildman–Crippen MR) is 111 cm³/mol. The lowest BCUT2D eigenvalue weighted by atomic mass is 10.1. The summed E-state index contributed by atoms with van der Waals surface area (Å²) in [7, 11) is 1.59. The smallest absolute Gasteiger partial charge is 0.235 e. The number of thioether (sulfide) groups is 1. The predicted octanol–water partition coefficient (Wildman–Crippen LogP) is 3.13. The number of ether oxygens (including phenoxy) is 1. The molecule has 1 aliphatic rings. The molecule has 0 radical (unpaired) electrons. The van der Waals surface area contributed by atoms with E-state index in [2.05, 4.69) is 26.9 Å². The van der Waals surface area contributed by atoms with Gasteiger partial charge in [-0.05, 0) is 59.9 Å². The average Bonchev–Trinajstić information content (AvgIpc) is 3.42. The maximum Gasteiger partial charge on any atom is 0.235 e. The van der Waals surface area contributed by atoms with E-state index in [-0.39, 0.29) is 11.7 Å². The first-order chi connectivity index (χ1) is 14.1. The fraction of sp³-hybridized carbons (Fsp3) is 0.316. The Hall–Kier alpha value is -2.90. The third-order valence-corrected chi connectivity index (χ3v) is 6.75. The Morgan fingerprint density at radius 1 is 1.45 bits per heavy atom. The monoisotopic (exact) mass is 426 g/mol. The van der Waals surface area contributed by atoms with Gasteiger partial charge in [-0.1, -0.05) is 17.8 Å². The van der Waals surface area contributed by atoms with Crippen LogP contribution in [0.15, 0.2) is 23.4 Å². The number of benzene rings is 1. The summed E-state index contributed by atoms with van der Waals surface area (Å²) < 4.78 is 6.96. The normalized spacial score (nSPS) is 12.4. The highest BCUT2D eigenvalue weighted by atomic mass is 32.2. The number of aromatic nitrogens is 4. The van der Waals surface area contributed by atoms with Crippen LogP contribution in [0.2, 0.25) is 0 Å². The Morgan fingerprint density at radius 3 is 3.10 bits per heavy atom. The quantitative estimate of drug-likeness (QED) is 0.604. The molecule has 0 spiro atoms. The van der Waals surface area contributed by atoms with E-state index in [1.165, 1.54) is 28.0 Å². The Balaban J connectivity index is 1.48. The first kappa shape index (κ1) is 19.4. The summed E-state index contributed by atoms with van der Waals surface area (Å²) in [5.74, 6) is 0.570. The van der Waals surface area contributed by atoms with E-state index >= 15 is 0 Å². The van der Waals surface area contributed by atoms with Gasteiger partial charge in [0.25, 0.3) is 0 Å². The summed E-state index contributed by atoms with van der Waals surface area (Å²) in [6.07, 6.45) is 2.96. The van der Waals surface area contributed by atoms with Crippen LogP contribution in [0.3, 0.4) is 0 Å². The summed E-state index contributed by atoms with van der Waals surface area (Å²) in [4.78, 5) is 13.7. The van der Waals surface area contributed by atoms with Gasteiger partial charge in [0, 0.05) is 4.88 Å². The maximum absolute atomic E-state index is 12.5. The molecule has 10 heteroatoms. The highest BCUT2D eigenvalue weighted by molar-refractivity contribution is 7.99. The molecule has 0 atom stereocenters. The number of anilines is 1. The molecular formula is C19H18N6O2S2. The summed E-state index contributed by atoms with van der Waals surface area (Å²) in [5, 5.41) is 25.3. The minimum absolute atomic E-state index is 0.127. The molecule has 0 saturated carbocycles. The van der Waals surface area contributed by atoms with Gasteiger partial charge in [-0.3, -0.25) is 4.79 Å². The number of amides is 1. The van der Waals surface area contributed by atoms with Crippen molar-refractivity contribution in [2.45, 2.75) is 31.3 Å². The van der Waals surface area contributed by atoms with Crippen LogP contribution in [-0.4, -0.2) is 39.0 Å². The Labute approximate surface area is 175 Å². The molecule has 2 heterocycles. The molecule has 2 aromatic heterocycles. The number of nitrogens with one attached hydrogen (secondary N) is 1. The number of hydrogen-bond acceptors (Lipinski definition) is 8. The zero-order chi connectivity index (χ0) is 20.4. The number of thiophene rings is 1. The van der Waals surface area contributed by atoms with Crippen LogP contribution in [0.25, 0.3) is 5.69 Å². The van der Waals surface area contributed by atoms with Gasteiger partial charge in [0.05, 0.1) is 18.4 Å². The van der Waals surface area contributed by atoms with Crippen molar-refractivity contribution in [3.63, 3.8) is 0 Å². The molecule has 0 fully saturated rings. The molecule has 1 aliphatic carbocycles. The standard InChI is InChI=1S/C19H18N6O2S2/c1-11-6-7-15(27-2)14(8-11)25-19(22-23-24-25)28-10-17(26)21-18-13(9-20)12-4-3-5-16(12)29-18/h6-8H,3-5,10H2,1-2H3,(H,21,26). The van der Waals surface area contributed by atoms with Crippen LogP contribution >= 0.6 is 23.1 Å². The van der Waals surface area contributed by atoms with Crippen molar-refractivity contribution in [1.82, 2.24) is 20.2 Å². The van der Waals surface area contributed by atoms with Crippen molar-refractivity contribution in [1.29, 1.82) is 5.26 Å². The van der Waals surface area contributed by atoms with E-state index < -0.39 is 0 Å². The third kappa shape index (κ3) is 3.83. The van der Waals surface area contributed by atoms with Gasteiger partial charge in [-0.15, -0.1) is 16.4 Å². The molecule has 1 aromatic carbocycles. The lowest BCUT2D eigenvalue weighted by Gasteiger charge is -2.10. The second-order valence-corrected chi connectivity index (χ2v) is 8.61. The summed E-state index contributed by atoms with van der Waals surface area (Å²) in [6, 6.07) is 7.96. The summed E-state index contributed by atoms with van der Waals surface area (Å²) in [6.45, 7) is 1.97. The highest BCUT2D eigenvalue weighted by Crippen LogP contribution is 2.38. The lowest BCUT2D eigenvalue weighted by Crippen LogP contribution is -2.14. The largest absolute Gasteiger partial charge is 0.494 e. The molecule has 1 N–H and O–H groups in total. The van der Waals surface area contributed by atoms with E-state index in [1.807, 2.05) is 25.1 Å². The highest BCUT2D eigenvalue weighted by Gasteiger charge is 2.23. The Bertz CT molecular complexity index is 1110. The van der Waals surface area contributed by atoms with Crippen molar-refractivity contribution in [3.8, 4) is 17.5 Å². The number of aryl methyl sites for hydroxylation is 2. The van der Waals surface area contributed by atoms with E-state index in [0.717, 1.165) is 30.4 Å². The van der Waals surface area contributed by atoms with Crippen LogP contribution in [-0.2, 0) is 17.6 Å². The number of methoxy groups -OCH3 is 1.